The van der Waals surface area contributed by atoms with E-state index in [1.165, 1.54) is 0 Å². The van der Waals surface area contributed by atoms with Crippen LogP contribution in [0.1, 0.15) is 106 Å². The third-order valence-corrected chi connectivity index (χ3v) is 12.0. The first-order chi connectivity index (χ1) is 15.6. The van der Waals surface area contributed by atoms with Crippen LogP contribution in [0, 0.1) is 39.4 Å². The van der Waals surface area contributed by atoms with Gasteiger partial charge in [0.05, 0.1) is 11.7 Å². The molecule has 0 aromatic heterocycles. The Morgan fingerprint density at radius 2 is 1.74 bits per heavy atom. The number of allylic oxidation sites excluding steroid dienone is 2. The fraction of sp³-hybridized carbons (Fsp3) is 0.833. The molecular formula is C30H48O4. The minimum atomic E-state index is -0.830. The van der Waals surface area contributed by atoms with E-state index in [9.17, 15) is 15.0 Å². The molecule has 8 atom stereocenters. The van der Waals surface area contributed by atoms with Gasteiger partial charge in [0, 0.05) is 11.0 Å². The first-order valence-electron chi connectivity index (χ1n) is 13.7. The van der Waals surface area contributed by atoms with Crippen molar-refractivity contribution in [3.63, 3.8) is 0 Å². The highest BCUT2D eigenvalue weighted by molar-refractivity contribution is 5.85. The number of fused-ring (bicyclic) bond motifs is 5. The van der Waals surface area contributed by atoms with E-state index in [1.54, 1.807) is 12.5 Å². The van der Waals surface area contributed by atoms with Crippen LogP contribution in [0.5, 0.6) is 0 Å². The molecule has 4 nitrogen and oxygen atoms in total. The second kappa shape index (κ2) is 8.20. The molecule has 4 aliphatic carbocycles. The maximum absolute atomic E-state index is 12.5. The zero-order valence-electron chi connectivity index (χ0n) is 22.6. The predicted octanol–water partition coefficient (Wildman–Crippen LogP) is 6.51. The Morgan fingerprint density at radius 1 is 1.09 bits per heavy atom. The summed E-state index contributed by atoms with van der Waals surface area (Å²) in [6.07, 6.45) is 12.5. The summed E-state index contributed by atoms with van der Waals surface area (Å²) in [6.45, 7) is 15.6. The van der Waals surface area contributed by atoms with Gasteiger partial charge in [0.2, 0.25) is 0 Å². The van der Waals surface area contributed by atoms with Gasteiger partial charge in [-0.1, -0.05) is 59.3 Å². The van der Waals surface area contributed by atoms with Crippen LogP contribution < -0.4 is 0 Å². The molecule has 0 aromatic rings. The fourth-order valence-corrected chi connectivity index (χ4v) is 9.43. The largest absolute Gasteiger partial charge is 0.478 e. The molecule has 3 N–H and O–H groups in total. The zero-order valence-corrected chi connectivity index (χ0v) is 22.6. The molecular weight excluding hydrogens is 424 g/mol. The Labute approximate surface area is 206 Å². The lowest BCUT2D eigenvalue weighted by Gasteiger charge is -2.68. The average molecular weight is 473 g/mol. The molecule has 4 rings (SSSR count). The molecule has 0 spiro atoms. The summed E-state index contributed by atoms with van der Waals surface area (Å²) in [7, 11) is 0. The molecule has 0 saturated heterocycles. The van der Waals surface area contributed by atoms with Crippen LogP contribution in [0.2, 0.25) is 0 Å². The molecule has 0 radical (unpaired) electrons. The van der Waals surface area contributed by atoms with Crippen molar-refractivity contribution < 1.29 is 20.1 Å². The van der Waals surface area contributed by atoms with Gasteiger partial charge in [0.1, 0.15) is 0 Å². The summed E-state index contributed by atoms with van der Waals surface area (Å²) in [5.74, 6) is 0.222. The standard InChI is InChI=1S/C30H48O4/c1-19(25(32)33)9-8-10-20(2)27(5)17-18-28(6)22(27)13-16-30(34)23(28)12-11-21-26(3,4)24(31)14-15-29(21,30)7/h9,13,20-21,23-24,31,34H,8,10-12,14-18H2,1-7H3,(H,32,33). The van der Waals surface area contributed by atoms with Crippen molar-refractivity contribution in [3.05, 3.63) is 23.3 Å². The van der Waals surface area contributed by atoms with Crippen LogP contribution in [0.3, 0.4) is 0 Å². The van der Waals surface area contributed by atoms with E-state index < -0.39 is 11.6 Å². The molecule has 8 unspecified atom stereocenters. The lowest BCUT2D eigenvalue weighted by molar-refractivity contribution is -0.249. The smallest absolute Gasteiger partial charge is 0.330 e. The predicted molar refractivity (Wildman–Crippen MR) is 136 cm³/mol. The summed E-state index contributed by atoms with van der Waals surface area (Å²) in [5, 5.41) is 32.5. The molecule has 34 heavy (non-hydrogen) atoms. The lowest BCUT2D eigenvalue weighted by Crippen LogP contribution is -2.68. The number of hydrogen-bond acceptors (Lipinski definition) is 3. The van der Waals surface area contributed by atoms with Gasteiger partial charge in [-0.05, 0) is 98.7 Å². The van der Waals surface area contributed by atoms with Gasteiger partial charge in [-0.25, -0.2) is 4.79 Å². The van der Waals surface area contributed by atoms with E-state index in [2.05, 4.69) is 47.6 Å². The van der Waals surface area contributed by atoms with Crippen LogP contribution in [-0.4, -0.2) is 33.0 Å². The van der Waals surface area contributed by atoms with Crippen LogP contribution >= 0.6 is 0 Å². The number of hydrogen-bond donors (Lipinski definition) is 3. The molecule has 4 heteroatoms. The molecule has 0 aromatic carbocycles. The van der Waals surface area contributed by atoms with Crippen molar-refractivity contribution in [2.75, 3.05) is 0 Å². The normalized spacial score (nSPS) is 46.7. The topological polar surface area (TPSA) is 77.8 Å². The van der Waals surface area contributed by atoms with Crippen LogP contribution in [0.15, 0.2) is 23.3 Å². The van der Waals surface area contributed by atoms with Crippen molar-refractivity contribution in [2.24, 2.45) is 39.4 Å². The van der Waals surface area contributed by atoms with Gasteiger partial charge in [-0.2, -0.15) is 0 Å². The fourth-order valence-electron chi connectivity index (χ4n) is 9.43. The number of aliphatic carboxylic acids is 1. The Bertz CT molecular complexity index is 901. The van der Waals surface area contributed by atoms with Gasteiger partial charge in [-0.15, -0.1) is 0 Å². The summed E-state index contributed by atoms with van der Waals surface area (Å²) >= 11 is 0. The number of carboxylic acids is 1. The summed E-state index contributed by atoms with van der Waals surface area (Å²) in [6, 6.07) is 0. The van der Waals surface area contributed by atoms with E-state index in [0.717, 1.165) is 57.8 Å². The minimum Gasteiger partial charge on any atom is -0.478 e. The first-order valence-corrected chi connectivity index (χ1v) is 13.7. The Kier molecular flexibility index (Phi) is 6.26. The third kappa shape index (κ3) is 3.41. The number of aliphatic hydroxyl groups is 2. The highest BCUT2D eigenvalue weighted by atomic mass is 16.4. The van der Waals surface area contributed by atoms with Gasteiger partial charge in [0.15, 0.2) is 0 Å². The Hall–Kier alpha value is -1.13. The van der Waals surface area contributed by atoms with Crippen molar-refractivity contribution in [1.82, 2.24) is 0 Å². The Morgan fingerprint density at radius 3 is 2.38 bits per heavy atom. The van der Waals surface area contributed by atoms with Crippen LogP contribution in [0.4, 0.5) is 0 Å². The van der Waals surface area contributed by atoms with E-state index in [-0.39, 0.29) is 33.7 Å². The maximum atomic E-state index is 12.5. The van der Waals surface area contributed by atoms with Gasteiger partial charge in [0.25, 0.3) is 0 Å². The van der Waals surface area contributed by atoms with Gasteiger partial charge >= 0.3 is 5.97 Å². The maximum Gasteiger partial charge on any atom is 0.330 e. The lowest BCUT2D eigenvalue weighted by atomic mass is 9.39. The second-order valence-corrected chi connectivity index (χ2v) is 13.7. The summed E-state index contributed by atoms with van der Waals surface area (Å²) in [4.78, 5) is 11.2. The quantitative estimate of drug-likeness (QED) is 0.315. The van der Waals surface area contributed by atoms with E-state index >= 15 is 0 Å². The van der Waals surface area contributed by atoms with Gasteiger partial charge in [-0.3, -0.25) is 0 Å². The molecule has 3 saturated carbocycles. The van der Waals surface area contributed by atoms with E-state index in [1.807, 2.05) is 6.08 Å². The Balaban J connectivity index is 1.63. The number of rotatable bonds is 5. The van der Waals surface area contributed by atoms with E-state index in [4.69, 9.17) is 5.11 Å². The zero-order chi connectivity index (χ0) is 25.3. The van der Waals surface area contributed by atoms with Crippen molar-refractivity contribution >= 4 is 5.97 Å². The number of aliphatic hydroxyl groups excluding tert-OH is 1. The second-order valence-electron chi connectivity index (χ2n) is 13.7. The number of carbonyl (C=O) groups is 1. The molecule has 0 amide bonds. The molecule has 192 valence electrons. The molecule has 3 fully saturated rings. The van der Waals surface area contributed by atoms with Crippen LogP contribution in [0.25, 0.3) is 0 Å². The first kappa shape index (κ1) is 25.9. The molecule has 0 bridgehead atoms. The van der Waals surface area contributed by atoms with Crippen molar-refractivity contribution in [3.8, 4) is 0 Å². The minimum absolute atomic E-state index is 0.0109. The molecule has 0 aliphatic heterocycles. The highest BCUT2D eigenvalue weighted by Gasteiger charge is 2.69. The SMILES string of the molecule is CC(=CCCC(C)C1(C)CCC2(C)C1=CCC1(O)C2CCC2C(C)(C)C(O)CCC21C)C(=O)O. The molecule has 4 aliphatic rings. The number of carboxylic acid groups (broad SMARTS) is 1. The van der Waals surface area contributed by atoms with Crippen molar-refractivity contribution in [1.29, 1.82) is 0 Å². The molecule has 0 heterocycles. The average Bonchev–Trinajstić information content (AvgIpc) is 3.03. The monoisotopic (exact) mass is 472 g/mol. The van der Waals surface area contributed by atoms with Crippen LogP contribution in [-0.2, 0) is 4.79 Å². The summed E-state index contributed by atoms with van der Waals surface area (Å²) < 4.78 is 0. The highest BCUT2D eigenvalue weighted by Crippen LogP contribution is 2.72. The van der Waals surface area contributed by atoms with Crippen molar-refractivity contribution in [2.45, 2.75) is 118 Å². The third-order valence-electron chi connectivity index (χ3n) is 12.0. The summed E-state index contributed by atoms with van der Waals surface area (Å²) in [5.41, 5.74) is 1.03. The van der Waals surface area contributed by atoms with E-state index in [0.29, 0.717) is 17.4 Å². The van der Waals surface area contributed by atoms with Gasteiger partial charge < -0.3 is 15.3 Å².